The minimum atomic E-state index is 0.912. The molecule has 0 unspecified atom stereocenters. The lowest BCUT2D eigenvalue weighted by Crippen LogP contribution is -2.34. The molecule has 0 radical (unpaired) electrons. The van der Waals surface area contributed by atoms with E-state index in [-0.39, 0.29) is 0 Å². The second-order valence-electron chi connectivity index (χ2n) is 3.91. The normalized spacial score (nSPS) is 19.5. The molecule has 0 bridgehead atoms. The van der Waals surface area contributed by atoms with E-state index in [1.54, 1.807) is 0 Å². The summed E-state index contributed by atoms with van der Waals surface area (Å²) < 4.78 is 5.41. The molecule has 1 aliphatic rings. The van der Waals surface area contributed by atoms with Gasteiger partial charge in [0, 0.05) is 32.8 Å². The average molecular weight is 200 g/mol. The Morgan fingerprint density at radius 2 is 2.14 bits per heavy atom. The highest BCUT2D eigenvalue weighted by molar-refractivity contribution is 4.62. The molecule has 1 N–H and O–H groups in total. The van der Waals surface area contributed by atoms with E-state index in [1.165, 1.54) is 38.9 Å². The second kappa shape index (κ2) is 8.21. The predicted molar refractivity (Wildman–Crippen MR) is 59.7 cm³/mol. The highest BCUT2D eigenvalue weighted by atomic mass is 16.5. The van der Waals surface area contributed by atoms with E-state index in [0.29, 0.717) is 0 Å². The number of rotatable bonds is 6. The monoisotopic (exact) mass is 200 g/mol. The van der Waals surface area contributed by atoms with Gasteiger partial charge < -0.3 is 10.1 Å². The van der Waals surface area contributed by atoms with E-state index in [4.69, 9.17) is 4.74 Å². The van der Waals surface area contributed by atoms with Gasteiger partial charge in [-0.2, -0.15) is 0 Å². The standard InChI is InChI=1S/C11H24N2O/c1-2-3-5-12-6-8-13-7-4-10-14-11-9-13/h12H,2-11H2,1H3. The minimum Gasteiger partial charge on any atom is -0.380 e. The van der Waals surface area contributed by atoms with Crippen molar-refractivity contribution < 1.29 is 4.74 Å². The molecule has 1 rings (SSSR count). The first-order chi connectivity index (χ1) is 6.93. The van der Waals surface area contributed by atoms with Gasteiger partial charge in [0.1, 0.15) is 0 Å². The van der Waals surface area contributed by atoms with Gasteiger partial charge in [-0.15, -0.1) is 0 Å². The molecule has 0 amide bonds. The quantitative estimate of drug-likeness (QED) is 0.650. The lowest BCUT2D eigenvalue weighted by molar-refractivity contribution is 0.141. The molecule has 0 saturated carbocycles. The van der Waals surface area contributed by atoms with Crippen LogP contribution < -0.4 is 5.32 Å². The number of unbranched alkanes of at least 4 members (excludes halogenated alkanes) is 1. The van der Waals surface area contributed by atoms with E-state index in [1.807, 2.05) is 0 Å². The fourth-order valence-corrected chi connectivity index (χ4v) is 1.69. The molecule has 1 heterocycles. The summed E-state index contributed by atoms with van der Waals surface area (Å²) in [5.41, 5.74) is 0. The van der Waals surface area contributed by atoms with Crippen LogP contribution >= 0.6 is 0 Å². The summed E-state index contributed by atoms with van der Waals surface area (Å²) in [6.07, 6.45) is 3.77. The van der Waals surface area contributed by atoms with Crippen molar-refractivity contribution in [2.75, 3.05) is 45.9 Å². The zero-order chi connectivity index (χ0) is 10.1. The summed E-state index contributed by atoms with van der Waals surface area (Å²) in [6.45, 7) is 9.86. The first-order valence-electron chi connectivity index (χ1n) is 5.94. The molecule has 3 nitrogen and oxygen atoms in total. The largest absolute Gasteiger partial charge is 0.380 e. The summed E-state index contributed by atoms with van der Waals surface area (Å²) in [6, 6.07) is 0. The van der Waals surface area contributed by atoms with Crippen molar-refractivity contribution in [1.82, 2.24) is 10.2 Å². The van der Waals surface area contributed by atoms with Crippen LogP contribution in [0.5, 0.6) is 0 Å². The van der Waals surface area contributed by atoms with Gasteiger partial charge in [-0.25, -0.2) is 0 Å². The zero-order valence-corrected chi connectivity index (χ0v) is 9.43. The van der Waals surface area contributed by atoms with Gasteiger partial charge in [0.2, 0.25) is 0 Å². The minimum absolute atomic E-state index is 0.912. The van der Waals surface area contributed by atoms with Gasteiger partial charge >= 0.3 is 0 Å². The Balaban J connectivity index is 1.93. The van der Waals surface area contributed by atoms with Gasteiger partial charge in [0.25, 0.3) is 0 Å². The number of nitrogens with one attached hydrogen (secondary N) is 1. The van der Waals surface area contributed by atoms with Gasteiger partial charge in [-0.1, -0.05) is 13.3 Å². The topological polar surface area (TPSA) is 24.5 Å². The number of hydrogen-bond acceptors (Lipinski definition) is 3. The molecule has 0 spiro atoms. The second-order valence-corrected chi connectivity index (χ2v) is 3.91. The highest BCUT2D eigenvalue weighted by Crippen LogP contribution is 1.97. The first kappa shape index (κ1) is 12.0. The maximum Gasteiger partial charge on any atom is 0.0593 e. The first-order valence-corrected chi connectivity index (χ1v) is 5.94. The van der Waals surface area contributed by atoms with Crippen LogP contribution in [-0.4, -0.2) is 50.8 Å². The Labute approximate surface area is 87.8 Å². The molecular weight excluding hydrogens is 176 g/mol. The molecule has 0 aliphatic carbocycles. The van der Waals surface area contributed by atoms with E-state index >= 15 is 0 Å². The summed E-state index contributed by atoms with van der Waals surface area (Å²) in [5.74, 6) is 0. The maximum absolute atomic E-state index is 5.41. The van der Waals surface area contributed by atoms with Crippen molar-refractivity contribution in [2.24, 2.45) is 0 Å². The third-order valence-corrected chi connectivity index (χ3v) is 2.63. The summed E-state index contributed by atoms with van der Waals surface area (Å²) in [7, 11) is 0. The summed E-state index contributed by atoms with van der Waals surface area (Å²) in [4.78, 5) is 2.49. The van der Waals surface area contributed by atoms with Crippen LogP contribution in [0.15, 0.2) is 0 Å². The van der Waals surface area contributed by atoms with Crippen LogP contribution in [0.4, 0.5) is 0 Å². The molecule has 1 aliphatic heterocycles. The fourth-order valence-electron chi connectivity index (χ4n) is 1.69. The molecule has 0 aromatic carbocycles. The molecule has 84 valence electrons. The van der Waals surface area contributed by atoms with E-state index in [0.717, 1.165) is 26.3 Å². The molecule has 1 saturated heterocycles. The molecule has 0 aromatic rings. The number of nitrogens with zero attached hydrogens (tertiary/aromatic N) is 1. The Hall–Kier alpha value is -0.120. The van der Waals surface area contributed by atoms with Crippen molar-refractivity contribution in [3.8, 4) is 0 Å². The maximum atomic E-state index is 5.41. The van der Waals surface area contributed by atoms with Crippen LogP contribution in [0, 0.1) is 0 Å². The zero-order valence-electron chi connectivity index (χ0n) is 9.43. The molecule has 0 atom stereocenters. The van der Waals surface area contributed by atoms with Crippen molar-refractivity contribution >= 4 is 0 Å². The molecule has 3 heteroatoms. The van der Waals surface area contributed by atoms with Crippen LogP contribution in [0.3, 0.4) is 0 Å². The van der Waals surface area contributed by atoms with Gasteiger partial charge in [0.15, 0.2) is 0 Å². The van der Waals surface area contributed by atoms with Crippen LogP contribution in [0.2, 0.25) is 0 Å². The average Bonchev–Trinajstić information content (AvgIpc) is 2.46. The van der Waals surface area contributed by atoms with E-state index < -0.39 is 0 Å². The summed E-state index contributed by atoms with van der Waals surface area (Å²) in [5, 5.41) is 3.47. The van der Waals surface area contributed by atoms with Crippen LogP contribution in [0.1, 0.15) is 26.2 Å². The summed E-state index contributed by atoms with van der Waals surface area (Å²) >= 11 is 0. The Morgan fingerprint density at radius 1 is 1.21 bits per heavy atom. The highest BCUT2D eigenvalue weighted by Gasteiger charge is 2.07. The van der Waals surface area contributed by atoms with Crippen molar-refractivity contribution in [1.29, 1.82) is 0 Å². The molecule has 0 aromatic heterocycles. The molecule has 1 fully saturated rings. The van der Waals surface area contributed by atoms with Crippen molar-refractivity contribution in [2.45, 2.75) is 26.2 Å². The van der Waals surface area contributed by atoms with E-state index in [9.17, 15) is 0 Å². The lowest BCUT2D eigenvalue weighted by Gasteiger charge is -2.18. The lowest BCUT2D eigenvalue weighted by atomic mass is 10.3. The molecule has 14 heavy (non-hydrogen) atoms. The third-order valence-electron chi connectivity index (χ3n) is 2.63. The van der Waals surface area contributed by atoms with Crippen molar-refractivity contribution in [3.63, 3.8) is 0 Å². The SMILES string of the molecule is CCCCNCCN1CCCOCC1. The van der Waals surface area contributed by atoms with Gasteiger partial charge in [0.05, 0.1) is 6.61 Å². The Kier molecular flexibility index (Phi) is 7.01. The van der Waals surface area contributed by atoms with E-state index in [2.05, 4.69) is 17.1 Å². The number of hydrogen-bond donors (Lipinski definition) is 1. The third kappa shape index (κ3) is 5.58. The van der Waals surface area contributed by atoms with Gasteiger partial charge in [-0.05, 0) is 19.4 Å². The van der Waals surface area contributed by atoms with Crippen molar-refractivity contribution in [3.05, 3.63) is 0 Å². The number of ether oxygens (including phenoxy) is 1. The van der Waals surface area contributed by atoms with Crippen LogP contribution in [-0.2, 0) is 4.74 Å². The predicted octanol–water partition coefficient (Wildman–Crippen LogP) is 1.10. The smallest absolute Gasteiger partial charge is 0.0593 e. The Morgan fingerprint density at radius 3 is 3.00 bits per heavy atom. The molecular formula is C11H24N2O. The Bertz CT molecular complexity index is 122. The fraction of sp³-hybridized carbons (Fsp3) is 1.00. The van der Waals surface area contributed by atoms with Crippen LogP contribution in [0.25, 0.3) is 0 Å². The van der Waals surface area contributed by atoms with Gasteiger partial charge in [-0.3, -0.25) is 4.90 Å².